The van der Waals surface area contributed by atoms with Gasteiger partial charge in [-0.05, 0) is 50.5 Å². The molecule has 9 heteroatoms. The molecule has 0 bridgehead atoms. The molecule has 1 N–H and O–H groups in total. The summed E-state index contributed by atoms with van der Waals surface area (Å²) in [5.74, 6) is 3.18. The summed E-state index contributed by atoms with van der Waals surface area (Å²) in [5, 5.41) is 11.9. The lowest BCUT2D eigenvalue weighted by atomic mass is 10.0. The number of fused-ring (bicyclic) bond motifs is 1. The van der Waals surface area contributed by atoms with E-state index in [0.29, 0.717) is 36.3 Å². The first-order chi connectivity index (χ1) is 15.2. The first kappa shape index (κ1) is 19.7. The molecular formula is C22H28N6O3. The highest BCUT2D eigenvalue weighted by Crippen LogP contribution is 2.34. The lowest BCUT2D eigenvalue weighted by Gasteiger charge is -2.36. The maximum Gasteiger partial charge on any atom is 0.321 e. The number of rotatable bonds is 3. The summed E-state index contributed by atoms with van der Waals surface area (Å²) in [7, 11) is 0. The summed E-state index contributed by atoms with van der Waals surface area (Å²) in [5.41, 5.74) is 0.699. The van der Waals surface area contributed by atoms with Crippen molar-refractivity contribution in [2.45, 2.75) is 32.2 Å². The Morgan fingerprint density at radius 1 is 0.968 bits per heavy atom. The molecule has 1 unspecified atom stereocenters. The van der Waals surface area contributed by atoms with E-state index in [2.05, 4.69) is 38.3 Å². The monoisotopic (exact) mass is 424 g/mol. The average molecular weight is 425 g/mol. The van der Waals surface area contributed by atoms with Crippen LogP contribution in [0.1, 0.15) is 26.2 Å². The van der Waals surface area contributed by atoms with Crippen LogP contribution < -0.4 is 24.6 Å². The molecule has 0 saturated carbocycles. The van der Waals surface area contributed by atoms with Crippen molar-refractivity contribution in [2.75, 3.05) is 54.6 Å². The molecule has 0 spiro atoms. The highest BCUT2D eigenvalue weighted by molar-refractivity contribution is 5.90. The molecule has 31 heavy (non-hydrogen) atoms. The van der Waals surface area contributed by atoms with Crippen LogP contribution in [0.15, 0.2) is 30.3 Å². The van der Waals surface area contributed by atoms with Crippen molar-refractivity contribution in [1.29, 1.82) is 0 Å². The number of carbonyl (C=O) groups excluding carboxylic acids is 1. The number of nitrogens with zero attached hydrogens (tertiary/aromatic N) is 5. The zero-order valence-corrected chi connectivity index (χ0v) is 17.8. The van der Waals surface area contributed by atoms with Gasteiger partial charge in [-0.15, -0.1) is 10.2 Å². The van der Waals surface area contributed by atoms with Crippen molar-refractivity contribution < 1.29 is 14.3 Å². The summed E-state index contributed by atoms with van der Waals surface area (Å²) in [6, 6.07) is 9.94. The van der Waals surface area contributed by atoms with Crippen LogP contribution in [0.3, 0.4) is 0 Å². The molecule has 0 radical (unpaired) electrons. The maximum absolute atomic E-state index is 12.7. The molecule has 1 aromatic carbocycles. The Balaban J connectivity index is 1.15. The van der Waals surface area contributed by atoms with Crippen LogP contribution in [0.25, 0.3) is 0 Å². The first-order valence-corrected chi connectivity index (χ1v) is 11.0. The molecule has 0 aliphatic carbocycles. The zero-order valence-electron chi connectivity index (χ0n) is 17.8. The predicted molar refractivity (Wildman–Crippen MR) is 118 cm³/mol. The second kappa shape index (κ2) is 8.49. The quantitative estimate of drug-likeness (QED) is 0.811. The van der Waals surface area contributed by atoms with E-state index in [-0.39, 0.29) is 12.8 Å². The fourth-order valence-corrected chi connectivity index (χ4v) is 4.39. The topological polar surface area (TPSA) is 83.1 Å². The minimum absolute atomic E-state index is 0.112. The Kier molecular flexibility index (Phi) is 5.40. The third-order valence-electron chi connectivity index (χ3n) is 6.25. The highest BCUT2D eigenvalue weighted by Gasteiger charge is 2.24. The van der Waals surface area contributed by atoms with E-state index < -0.39 is 0 Å². The molecule has 1 atom stereocenters. The van der Waals surface area contributed by atoms with E-state index in [1.165, 1.54) is 19.3 Å². The Morgan fingerprint density at radius 3 is 2.52 bits per heavy atom. The van der Waals surface area contributed by atoms with Crippen molar-refractivity contribution in [3.05, 3.63) is 30.3 Å². The molecule has 2 aromatic rings. The fraction of sp³-hybridized carbons (Fsp3) is 0.500. The van der Waals surface area contributed by atoms with Gasteiger partial charge in [-0.25, -0.2) is 4.79 Å². The predicted octanol–water partition coefficient (Wildman–Crippen LogP) is 2.94. The van der Waals surface area contributed by atoms with E-state index >= 15 is 0 Å². The summed E-state index contributed by atoms with van der Waals surface area (Å²) in [6.07, 6.45) is 3.71. The number of aromatic nitrogens is 2. The number of carbonyl (C=O) groups is 1. The Labute approximate surface area is 181 Å². The van der Waals surface area contributed by atoms with Gasteiger partial charge in [-0.1, -0.05) is 0 Å². The lowest BCUT2D eigenvalue weighted by Crippen LogP contribution is -2.50. The van der Waals surface area contributed by atoms with Crippen molar-refractivity contribution >= 4 is 23.4 Å². The molecule has 164 valence electrons. The van der Waals surface area contributed by atoms with Gasteiger partial charge in [0.05, 0.1) is 0 Å². The van der Waals surface area contributed by atoms with E-state index in [0.717, 1.165) is 31.3 Å². The Bertz CT molecular complexity index is 929. The van der Waals surface area contributed by atoms with Crippen LogP contribution in [0.5, 0.6) is 11.5 Å². The fourth-order valence-electron chi connectivity index (χ4n) is 4.39. The van der Waals surface area contributed by atoms with Crippen LogP contribution in [0, 0.1) is 0 Å². The third-order valence-corrected chi connectivity index (χ3v) is 6.25. The smallest absolute Gasteiger partial charge is 0.321 e. The Morgan fingerprint density at radius 2 is 1.74 bits per heavy atom. The summed E-state index contributed by atoms with van der Waals surface area (Å²) in [4.78, 5) is 19.0. The van der Waals surface area contributed by atoms with Gasteiger partial charge in [0, 0.05) is 50.5 Å². The van der Waals surface area contributed by atoms with Crippen LogP contribution in [-0.2, 0) is 0 Å². The number of urea groups is 1. The minimum Gasteiger partial charge on any atom is -0.454 e. The molecule has 9 nitrogen and oxygen atoms in total. The molecule has 2 saturated heterocycles. The molecule has 4 heterocycles. The summed E-state index contributed by atoms with van der Waals surface area (Å²) < 4.78 is 10.7. The molecule has 2 amide bonds. The number of ether oxygens (including phenoxy) is 2. The first-order valence-electron chi connectivity index (χ1n) is 11.0. The number of benzene rings is 1. The van der Waals surface area contributed by atoms with E-state index in [4.69, 9.17) is 9.47 Å². The van der Waals surface area contributed by atoms with Crippen LogP contribution in [-0.4, -0.2) is 66.7 Å². The van der Waals surface area contributed by atoms with Crippen LogP contribution in [0.2, 0.25) is 0 Å². The summed E-state index contributed by atoms with van der Waals surface area (Å²) >= 11 is 0. The highest BCUT2D eigenvalue weighted by atomic mass is 16.7. The van der Waals surface area contributed by atoms with Crippen molar-refractivity contribution in [3.63, 3.8) is 0 Å². The second-order valence-electron chi connectivity index (χ2n) is 8.26. The Hall–Kier alpha value is -3.23. The van der Waals surface area contributed by atoms with Gasteiger partial charge in [0.1, 0.15) is 0 Å². The number of anilines is 3. The largest absolute Gasteiger partial charge is 0.454 e. The number of piperidine rings is 1. The lowest BCUT2D eigenvalue weighted by molar-refractivity contribution is 0.174. The van der Waals surface area contributed by atoms with E-state index in [9.17, 15) is 4.79 Å². The van der Waals surface area contributed by atoms with Gasteiger partial charge in [0.25, 0.3) is 0 Å². The van der Waals surface area contributed by atoms with Crippen molar-refractivity contribution in [3.8, 4) is 11.5 Å². The summed E-state index contributed by atoms with van der Waals surface area (Å²) in [6.45, 7) is 6.22. The van der Waals surface area contributed by atoms with Crippen molar-refractivity contribution in [2.24, 2.45) is 0 Å². The van der Waals surface area contributed by atoms with Gasteiger partial charge in [-0.2, -0.15) is 0 Å². The number of hydrogen-bond acceptors (Lipinski definition) is 7. The SMILES string of the molecule is CC1CCCCN1c1ccc(N2CCN(C(=O)Nc3ccc4c(c3)OCO4)CC2)nn1. The number of hydrogen-bond donors (Lipinski definition) is 1. The van der Waals surface area contributed by atoms with Crippen molar-refractivity contribution in [1.82, 2.24) is 15.1 Å². The van der Waals surface area contributed by atoms with Gasteiger partial charge in [0.15, 0.2) is 23.1 Å². The second-order valence-corrected chi connectivity index (χ2v) is 8.26. The normalized spacial score (nSPS) is 20.7. The third kappa shape index (κ3) is 4.17. The van der Waals surface area contributed by atoms with Gasteiger partial charge in [-0.3, -0.25) is 0 Å². The van der Waals surface area contributed by atoms with E-state index in [1.807, 2.05) is 23.1 Å². The molecule has 1 aromatic heterocycles. The zero-order chi connectivity index (χ0) is 21.2. The molecule has 5 rings (SSSR count). The molecule has 3 aliphatic rings. The van der Waals surface area contributed by atoms with Crippen LogP contribution in [0.4, 0.5) is 22.1 Å². The number of nitrogens with one attached hydrogen (secondary N) is 1. The molecular weight excluding hydrogens is 396 g/mol. The molecule has 3 aliphatic heterocycles. The molecule has 2 fully saturated rings. The van der Waals surface area contributed by atoms with Gasteiger partial charge < -0.3 is 29.5 Å². The number of piperazine rings is 1. The van der Waals surface area contributed by atoms with Gasteiger partial charge >= 0.3 is 6.03 Å². The minimum atomic E-state index is -0.112. The average Bonchev–Trinajstić information content (AvgIpc) is 3.28. The van der Waals surface area contributed by atoms with E-state index in [1.54, 1.807) is 6.07 Å². The standard InChI is InChI=1S/C22H28N6O3/c1-16-4-2-3-9-28(16)21-8-7-20(24-25-21)26-10-12-27(13-11-26)22(29)23-17-5-6-18-19(14-17)31-15-30-18/h5-8,14,16H,2-4,9-13,15H2,1H3,(H,23,29). The number of amides is 2. The maximum atomic E-state index is 12.7. The van der Waals surface area contributed by atoms with Gasteiger partial charge in [0.2, 0.25) is 6.79 Å². The van der Waals surface area contributed by atoms with Crippen LogP contribution >= 0.6 is 0 Å².